The Kier molecular flexibility index (Phi) is 5.12. The number of alkyl halides is 3. The first-order valence-electron chi connectivity index (χ1n) is 6.08. The number of amides is 1. The lowest BCUT2D eigenvalue weighted by Crippen LogP contribution is -2.22. The molecule has 1 amide bonds. The van der Waals surface area contributed by atoms with Crippen LogP contribution in [-0.4, -0.2) is 12.2 Å². The number of thiophene rings is 1. The van der Waals surface area contributed by atoms with Gasteiger partial charge in [0.05, 0.1) is 14.6 Å². The normalized spacial score (nSPS) is 11.5. The molecule has 1 aromatic heterocycles. The monoisotopic (exact) mass is 349 g/mol. The van der Waals surface area contributed by atoms with E-state index in [1.165, 1.54) is 23.1 Å². The zero-order chi connectivity index (χ0) is 16.3. The van der Waals surface area contributed by atoms with Crippen molar-refractivity contribution in [3.63, 3.8) is 0 Å². The van der Waals surface area contributed by atoms with Crippen LogP contribution < -0.4 is 5.32 Å². The third-order valence-electron chi connectivity index (χ3n) is 2.74. The van der Waals surface area contributed by atoms with Crippen LogP contribution in [0.3, 0.4) is 0 Å². The van der Waals surface area contributed by atoms with E-state index in [-0.39, 0.29) is 12.1 Å². The standard InChI is InChI=1S/C14H11F4NOS2/c1-21-12-3-2-11(22-12)13(20)19-7-8-4-9(14(16,17)18)6-10(15)5-8/h2-6H,7H2,1H3,(H,19,20). The van der Waals surface area contributed by atoms with E-state index in [1.54, 1.807) is 12.1 Å². The summed E-state index contributed by atoms with van der Waals surface area (Å²) in [5.41, 5.74) is -1.01. The molecule has 0 spiro atoms. The Morgan fingerprint density at radius 1 is 1.27 bits per heavy atom. The molecule has 1 aromatic carbocycles. The molecule has 0 unspecified atom stereocenters. The van der Waals surface area contributed by atoms with Gasteiger partial charge in [0, 0.05) is 6.54 Å². The van der Waals surface area contributed by atoms with Crippen molar-refractivity contribution in [2.24, 2.45) is 0 Å². The van der Waals surface area contributed by atoms with Crippen molar-refractivity contribution in [3.05, 3.63) is 52.2 Å². The molecule has 1 heterocycles. The van der Waals surface area contributed by atoms with E-state index < -0.39 is 23.5 Å². The number of carbonyl (C=O) groups excluding carboxylic acids is 1. The van der Waals surface area contributed by atoms with Gasteiger partial charge in [-0.3, -0.25) is 4.79 Å². The Labute approximate surface area is 132 Å². The van der Waals surface area contributed by atoms with Gasteiger partial charge in [-0.2, -0.15) is 13.2 Å². The second-order valence-corrected chi connectivity index (χ2v) is 6.54. The number of nitrogens with one attached hydrogen (secondary N) is 1. The van der Waals surface area contributed by atoms with Crippen LogP contribution in [0.2, 0.25) is 0 Å². The van der Waals surface area contributed by atoms with Crippen LogP contribution in [0.15, 0.2) is 34.5 Å². The summed E-state index contributed by atoms with van der Waals surface area (Å²) >= 11 is 2.78. The van der Waals surface area contributed by atoms with Crippen LogP contribution in [0.4, 0.5) is 17.6 Å². The molecule has 0 radical (unpaired) electrons. The van der Waals surface area contributed by atoms with Crippen LogP contribution in [0, 0.1) is 5.82 Å². The molecule has 0 aliphatic rings. The second-order valence-electron chi connectivity index (χ2n) is 4.35. The number of rotatable bonds is 4. The lowest BCUT2D eigenvalue weighted by molar-refractivity contribution is -0.137. The molecular weight excluding hydrogens is 338 g/mol. The van der Waals surface area contributed by atoms with Gasteiger partial charge in [0.2, 0.25) is 0 Å². The lowest BCUT2D eigenvalue weighted by Gasteiger charge is -2.10. The summed E-state index contributed by atoms with van der Waals surface area (Å²) in [4.78, 5) is 12.3. The highest BCUT2D eigenvalue weighted by molar-refractivity contribution is 8.00. The minimum Gasteiger partial charge on any atom is -0.347 e. The van der Waals surface area contributed by atoms with E-state index in [0.29, 0.717) is 10.9 Å². The van der Waals surface area contributed by atoms with Gasteiger partial charge >= 0.3 is 6.18 Å². The molecule has 0 aliphatic carbocycles. The highest BCUT2D eigenvalue weighted by atomic mass is 32.2. The maximum atomic E-state index is 13.2. The Morgan fingerprint density at radius 2 is 2.00 bits per heavy atom. The number of carbonyl (C=O) groups is 1. The average Bonchev–Trinajstić information content (AvgIpc) is 2.92. The van der Waals surface area contributed by atoms with Gasteiger partial charge in [-0.25, -0.2) is 4.39 Å². The Bertz CT molecular complexity index is 682. The van der Waals surface area contributed by atoms with Crippen molar-refractivity contribution in [1.29, 1.82) is 0 Å². The zero-order valence-electron chi connectivity index (χ0n) is 11.3. The van der Waals surface area contributed by atoms with E-state index in [1.807, 2.05) is 6.26 Å². The Balaban J connectivity index is 2.08. The predicted octanol–water partition coefficient (Wildman–Crippen LogP) is 4.56. The van der Waals surface area contributed by atoms with Crippen molar-refractivity contribution in [3.8, 4) is 0 Å². The van der Waals surface area contributed by atoms with E-state index >= 15 is 0 Å². The summed E-state index contributed by atoms with van der Waals surface area (Å²) in [6.45, 7) is -0.174. The molecule has 2 nitrogen and oxygen atoms in total. The summed E-state index contributed by atoms with van der Waals surface area (Å²) in [6, 6.07) is 5.64. The molecule has 1 N–H and O–H groups in total. The number of thioether (sulfide) groups is 1. The molecule has 0 aliphatic heterocycles. The molecule has 0 fully saturated rings. The third kappa shape index (κ3) is 4.23. The molecule has 0 saturated carbocycles. The molecular formula is C14H11F4NOS2. The Morgan fingerprint density at radius 3 is 2.59 bits per heavy atom. The minimum absolute atomic E-state index is 0.0577. The maximum Gasteiger partial charge on any atom is 0.416 e. The SMILES string of the molecule is CSc1ccc(C(=O)NCc2cc(F)cc(C(F)(F)F)c2)s1. The Hall–Kier alpha value is -1.54. The molecule has 118 valence electrons. The summed E-state index contributed by atoms with van der Waals surface area (Å²) in [6.07, 6.45) is -2.75. The number of benzene rings is 1. The largest absolute Gasteiger partial charge is 0.416 e. The highest BCUT2D eigenvalue weighted by Gasteiger charge is 2.31. The van der Waals surface area contributed by atoms with E-state index in [9.17, 15) is 22.4 Å². The van der Waals surface area contributed by atoms with Crippen molar-refractivity contribution < 1.29 is 22.4 Å². The fourth-order valence-corrected chi connectivity index (χ4v) is 3.20. The zero-order valence-corrected chi connectivity index (χ0v) is 13.0. The van der Waals surface area contributed by atoms with E-state index in [0.717, 1.165) is 16.3 Å². The van der Waals surface area contributed by atoms with Crippen molar-refractivity contribution in [2.45, 2.75) is 16.9 Å². The van der Waals surface area contributed by atoms with Crippen LogP contribution in [0.5, 0.6) is 0 Å². The molecule has 0 bridgehead atoms. The van der Waals surface area contributed by atoms with Crippen LogP contribution in [-0.2, 0) is 12.7 Å². The van der Waals surface area contributed by atoms with Gasteiger partial charge in [-0.05, 0) is 42.2 Å². The number of halogens is 4. The van der Waals surface area contributed by atoms with Crippen molar-refractivity contribution in [2.75, 3.05) is 6.26 Å². The second kappa shape index (κ2) is 6.70. The summed E-state index contributed by atoms with van der Waals surface area (Å²) in [7, 11) is 0. The topological polar surface area (TPSA) is 29.1 Å². The first-order valence-corrected chi connectivity index (χ1v) is 8.12. The number of hydrogen-bond donors (Lipinski definition) is 1. The first-order chi connectivity index (χ1) is 10.3. The molecule has 2 aromatic rings. The van der Waals surface area contributed by atoms with Gasteiger partial charge < -0.3 is 5.32 Å². The third-order valence-corrected chi connectivity index (χ3v) is 4.91. The fraction of sp³-hybridized carbons (Fsp3) is 0.214. The first kappa shape index (κ1) is 16.8. The van der Waals surface area contributed by atoms with Gasteiger partial charge in [0.1, 0.15) is 5.82 Å². The molecule has 2 rings (SSSR count). The van der Waals surface area contributed by atoms with Crippen LogP contribution in [0.1, 0.15) is 20.8 Å². The minimum atomic E-state index is -4.62. The van der Waals surface area contributed by atoms with Crippen molar-refractivity contribution in [1.82, 2.24) is 5.32 Å². The van der Waals surface area contributed by atoms with Crippen molar-refractivity contribution >= 4 is 29.0 Å². The van der Waals surface area contributed by atoms with Crippen LogP contribution in [0.25, 0.3) is 0 Å². The summed E-state index contributed by atoms with van der Waals surface area (Å²) in [5.74, 6) is -1.39. The van der Waals surface area contributed by atoms with E-state index in [2.05, 4.69) is 5.32 Å². The van der Waals surface area contributed by atoms with Gasteiger partial charge in [0.15, 0.2) is 0 Å². The van der Waals surface area contributed by atoms with Gasteiger partial charge in [0.25, 0.3) is 5.91 Å². The lowest BCUT2D eigenvalue weighted by atomic mass is 10.1. The molecule has 22 heavy (non-hydrogen) atoms. The molecule has 0 atom stereocenters. The fourth-order valence-electron chi connectivity index (χ4n) is 1.74. The summed E-state index contributed by atoms with van der Waals surface area (Å²) in [5, 5.41) is 2.49. The highest BCUT2D eigenvalue weighted by Crippen LogP contribution is 2.30. The van der Waals surface area contributed by atoms with Gasteiger partial charge in [-0.15, -0.1) is 23.1 Å². The van der Waals surface area contributed by atoms with Gasteiger partial charge in [-0.1, -0.05) is 0 Å². The molecule has 0 saturated heterocycles. The maximum absolute atomic E-state index is 13.2. The summed E-state index contributed by atoms with van der Waals surface area (Å²) < 4.78 is 52.0. The van der Waals surface area contributed by atoms with Crippen LogP contribution >= 0.6 is 23.1 Å². The quantitative estimate of drug-likeness (QED) is 0.648. The average molecular weight is 349 g/mol. The molecule has 8 heteroatoms. The predicted molar refractivity (Wildman–Crippen MR) is 78.7 cm³/mol. The number of hydrogen-bond acceptors (Lipinski definition) is 3. The van der Waals surface area contributed by atoms with E-state index in [4.69, 9.17) is 0 Å². The smallest absolute Gasteiger partial charge is 0.347 e.